The molecule has 0 amide bonds. The van der Waals surface area contributed by atoms with Crippen molar-refractivity contribution in [3.8, 4) is 34.2 Å². The van der Waals surface area contributed by atoms with Crippen molar-refractivity contribution in [1.82, 2.24) is 15.0 Å². The van der Waals surface area contributed by atoms with E-state index in [1.807, 2.05) is 91.0 Å². The standard InChI is InChI=1S/C39H21N3O3/c1-4-13-31-24(8-1)27-18-16-23(21-35(27)44-31)38-40-37(22-17-19-34-30(20-22)26-10-3-5-14-32(26)43-34)41-39(42-38)29-12-7-11-28-25-9-2-6-15-33(25)45-36(28)29/h1-21H. The van der Waals surface area contributed by atoms with Crippen molar-refractivity contribution in [1.29, 1.82) is 0 Å². The average Bonchev–Trinajstić information content (AvgIpc) is 3.78. The van der Waals surface area contributed by atoms with E-state index in [9.17, 15) is 0 Å². The first kappa shape index (κ1) is 24.2. The molecule has 0 saturated heterocycles. The van der Waals surface area contributed by atoms with Gasteiger partial charge in [-0.1, -0.05) is 72.8 Å². The maximum Gasteiger partial charge on any atom is 0.167 e. The molecule has 0 spiro atoms. The Morgan fingerprint density at radius 2 is 0.844 bits per heavy atom. The van der Waals surface area contributed by atoms with Crippen LogP contribution in [0.4, 0.5) is 0 Å². The summed E-state index contributed by atoms with van der Waals surface area (Å²) in [6, 6.07) is 42.5. The molecule has 0 N–H and O–H groups in total. The largest absolute Gasteiger partial charge is 0.456 e. The summed E-state index contributed by atoms with van der Waals surface area (Å²) in [5.74, 6) is 1.63. The summed E-state index contributed by atoms with van der Waals surface area (Å²) >= 11 is 0. The zero-order chi connectivity index (χ0) is 29.5. The monoisotopic (exact) mass is 579 g/mol. The lowest BCUT2D eigenvalue weighted by Crippen LogP contribution is -2.00. The molecule has 0 aliphatic heterocycles. The summed E-state index contributed by atoms with van der Waals surface area (Å²) in [6.45, 7) is 0. The van der Waals surface area contributed by atoms with Crippen molar-refractivity contribution in [3.05, 3.63) is 127 Å². The third kappa shape index (κ3) is 3.66. The molecule has 4 heterocycles. The third-order valence-electron chi connectivity index (χ3n) is 8.55. The Hall–Kier alpha value is -6.27. The molecule has 4 aromatic heterocycles. The molecule has 210 valence electrons. The van der Waals surface area contributed by atoms with Gasteiger partial charge in [-0.15, -0.1) is 0 Å². The molecule has 0 fully saturated rings. The molecule has 0 aliphatic carbocycles. The number of hydrogen-bond donors (Lipinski definition) is 0. The van der Waals surface area contributed by atoms with Crippen molar-refractivity contribution < 1.29 is 13.3 Å². The Kier molecular flexibility index (Phi) is 4.90. The molecule has 45 heavy (non-hydrogen) atoms. The van der Waals surface area contributed by atoms with Gasteiger partial charge in [0.25, 0.3) is 0 Å². The van der Waals surface area contributed by atoms with Crippen molar-refractivity contribution in [2.45, 2.75) is 0 Å². The van der Waals surface area contributed by atoms with E-state index in [0.717, 1.165) is 82.5 Å². The first-order valence-electron chi connectivity index (χ1n) is 14.8. The highest BCUT2D eigenvalue weighted by atomic mass is 16.3. The molecule has 6 heteroatoms. The molecule has 10 rings (SSSR count). The quantitative estimate of drug-likeness (QED) is 0.207. The average molecular weight is 580 g/mol. The molecule has 0 atom stereocenters. The zero-order valence-electron chi connectivity index (χ0n) is 23.7. The highest BCUT2D eigenvalue weighted by Gasteiger charge is 2.19. The first-order chi connectivity index (χ1) is 22.3. The van der Waals surface area contributed by atoms with E-state index < -0.39 is 0 Å². The van der Waals surface area contributed by atoms with Gasteiger partial charge >= 0.3 is 0 Å². The zero-order valence-corrected chi connectivity index (χ0v) is 23.7. The van der Waals surface area contributed by atoms with Crippen LogP contribution in [0, 0.1) is 0 Å². The van der Waals surface area contributed by atoms with Gasteiger partial charge in [0.2, 0.25) is 0 Å². The molecule has 10 aromatic rings. The van der Waals surface area contributed by atoms with Crippen LogP contribution in [0.5, 0.6) is 0 Å². The minimum Gasteiger partial charge on any atom is -0.456 e. The normalized spacial score (nSPS) is 12.0. The first-order valence-corrected chi connectivity index (χ1v) is 14.8. The summed E-state index contributed by atoms with van der Waals surface area (Å²) in [5, 5.41) is 6.25. The Morgan fingerprint density at radius 1 is 0.333 bits per heavy atom. The van der Waals surface area contributed by atoms with Crippen LogP contribution in [0.25, 0.3) is 100.0 Å². The summed E-state index contributed by atoms with van der Waals surface area (Å²) in [6.07, 6.45) is 0. The number of nitrogens with zero attached hydrogens (tertiary/aromatic N) is 3. The predicted molar refractivity (Wildman–Crippen MR) is 178 cm³/mol. The second-order valence-electron chi connectivity index (χ2n) is 11.2. The van der Waals surface area contributed by atoms with Gasteiger partial charge < -0.3 is 13.3 Å². The lowest BCUT2D eigenvalue weighted by Gasteiger charge is -2.09. The topological polar surface area (TPSA) is 78.1 Å². The molecule has 0 aliphatic rings. The van der Waals surface area contributed by atoms with Crippen molar-refractivity contribution in [2.24, 2.45) is 0 Å². The minimum atomic E-state index is 0.529. The smallest absolute Gasteiger partial charge is 0.167 e. The highest BCUT2D eigenvalue weighted by molar-refractivity contribution is 6.10. The molecular weight excluding hydrogens is 558 g/mol. The number of benzene rings is 6. The van der Waals surface area contributed by atoms with E-state index in [1.165, 1.54) is 0 Å². The lowest BCUT2D eigenvalue weighted by atomic mass is 10.1. The van der Waals surface area contributed by atoms with Gasteiger partial charge in [0.15, 0.2) is 17.5 Å². The van der Waals surface area contributed by atoms with Crippen LogP contribution in [0.2, 0.25) is 0 Å². The number of rotatable bonds is 3. The molecule has 0 saturated carbocycles. The number of furan rings is 3. The SMILES string of the molecule is c1ccc2c(c1)oc1cc(-c3nc(-c4ccc5oc6ccccc6c5c4)nc(-c4cccc5c4oc4ccccc45)n3)ccc12. The Bertz CT molecular complexity index is 2790. The highest BCUT2D eigenvalue weighted by Crippen LogP contribution is 2.37. The van der Waals surface area contributed by atoms with Gasteiger partial charge in [0, 0.05) is 43.4 Å². The van der Waals surface area contributed by atoms with Crippen molar-refractivity contribution >= 4 is 65.8 Å². The maximum absolute atomic E-state index is 6.39. The predicted octanol–water partition coefficient (Wildman–Crippen LogP) is 10.6. The molecule has 0 radical (unpaired) electrons. The van der Waals surface area contributed by atoms with E-state index in [2.05, 4.69) is 36.4 Å². The van der Waals surface area contributed by atoms with Gasteiger partial charge in [0.1, 0.15) is 33.5 Å². The molecule has 6 aromatic carbocycles. The third-order valence-corrected chi connectivity index (χ3v) is 8.55. The fourth-order valence-corrected chi connectivity index (χ4v) is 6.41. The van der Waals surface area contributed by atoms with Crippen molar-refractivity contribution in [2.75, 3.05) is 0 Å². The van der Waals surface area contributed by atoms with E-state index in [-0.39, 0.29) is 0 Å². The minimum absolute atomic E-state index is 0.529. The van der Waals surface area contributed by atoms with Crippen LogP contribution in [0.3, 0.4) is 0 Å². The van der Waals surface area contributed by atoms with Crippen LogP contribution in [-0.2, 0) is 0 Å². The van der Waals surface area contributed by atoms with Crippen LogP contribution < -0.4 is 0 Å². The number of para-hydroxylation sites is 4. The maximum atomic E-state index is 6.39. The second kappa shape index (κ2) is 9.11. The van der Waals surface area contributed by atoms with Gasteiger partial charge in [-0.05, 0) is 54.6 Å². The van der Waals surface area contributed by atoms with Crippen LogP contribution >= 0.6 is 0 Å². The number of aromatic nitrogens is 3. The van der Waals surface area contributed by atoms with E-state index in [4.69, 9.17) is 28.2 Å². The summed E-state index contributed by atoms with van der Waals surface area (Å²) in [4.78, 5) is 15.1. The second-order valence-corrected chi connectivity index (χ2v) is 11.2. The summed E-state index contributed by atoms with van der Waals surface area (Å²) in [7, 11) is 0. The van der Waals surface area contributed by atoms with Gasteiger partial charge in [-0.3, -0.25) is 0 Å². The summed E-state index contributed by atoms with van der Waals surface area (Å²) < 4.78 is 18.7. The number of fused-ring (bicyclic) bond motifs is 9. The lowest BCUT2D eigenvalue weighted by molar-refractivity contribution is 0.668. The Labute approximate surface area is 255 Å². The molecule has 0 bridgehead atoms. The van der Waals surface area contributed by atoms with E-state index >= 15 is 0 Å². The molecular formula is C39H21N3O3. The van der Waals surface area contributed by atoms with Crippen LogP contribution in [0.15, 0.2) is 141 Å². The summed E-state index contributed by atoms with van der Waals surface area (Å²) in [5.41, 5.74) is 7.34. The van der Waals surface area contributed by atoms with Gasteiger partial charge in [-0.25, -0.2) is 15.0 Å². The van der Waals surface area contributed by atoms with Gasteiger partial charge in [0.05, 0.1) is 5.56 Å². The van der Waals surface area contributed by atoms with Crippen LogP contribution in [-0.4, -0.2) is 15.0 Å². The Morgan fingerprint density at radius 3 is 1.60 bits per heavy atom. The Balaban J connectivity index is 1.23. The number of hydrogen-bond acceptors (Lipinski definition) is 6. The fourth-order valence-electron chi connectivity index (χ4n) is 6.41. The fraction of sp³-hybridized carbons (Fsp3) is 0. The van der Waals surface area contributed by atoms with Crippen molar-refractivity contribution in [3.63, 3.8) is 0 Å². The van der Waals surface area contributed by atoms with E-state index in [1.54, 1.807) is 0 Å². The van der Waals surface area contributed by atoms with E-state index in [0.29, 0.717) is 17.5 Å². The van der Waals surface area contributed by atoms with Gasteiger partial charge in [-0.2, -0.15) is 0 Å². The van der Waals surface area contributed by atoms with Crippen LogP contribution in [0.1, 0.15) is 0 Å². The molecule has 6 nitrogen and oxygen atoms in total. The molecule has 0 unspecified atom stereocenters.